The van der Waals surface area contributed by atoms with Gasteiger partial charge >= 0.3 is 6.18 Å². The maximum atomic E-state index is 12.9. The highest BCUT2D eigenvalue weighted by molar-refractivity contribution is 7.13. The van der Waals surface area contributed by atoms with Gasteiger partial charge in [-0.3, -0.25) is 4.79 Å². The van der Waals surface area contributed by atoms with Crippen LogP contribution < -0.4 is 5.32 Å². The van der Waals surface area contributed by atoms with Gasteiger partial charge in [-0.2, -0.15) is 13.2 Å². The molecule has 0 aliphatic carbocycles. The van der Waals surface area contributed by atoms with Gasteiger partial charge in [0.15, 0.2) is 0 Å². The predicted molar refractivity (Wildman–Crippen MR) is 98.2 cm³/mol. The first-order valence-corrected chi connectivity index (χ1v) is 8.77. The van der Waals surface area contributed by atoms with Crippen molar-refractivity contribution >= 4 is 17.2 Å². The molecule has 0 saturated heterocycles. The summed E-state index contributed by atoms with van der Waals surface area (Å²) < 4.78 is 38.7. The molecule has 1 N–H and O–H groups in total. The highest BCUT2D eigenvalue weighted by atomic mass is 32.1. The number of alkyl halides is 3. The maximum absolute atomic E-state index is 12.9. The number of hydrogen-bond donors (Lipinski definition) is 1. The lowest BCUT2D eigenvalue weighted by Crippen LogP contribution is -2.23. The van der Waals surface area contributed by atoms with Crippen LogP contribution in [0.1, 0.15) is 21.6 Å². The molecule has 3 aromatic rings. The molecule has 136 valence electrons. The Morgan fingerprint density at radius 1 is 1.07 bits per heavy atom. The Morgan fingerprint density at radius 3 is 2.52 bits per heavy atom. The molecule has 0 atom stereocenters. The molecule has 0 unspecified atom stereocenters. The zero-order valence-corrected chi connectivity index (χ0v) is 14.7. The van der Waals surface area contributed by atoms with E-state index in [-0.39, 0.29) is 17.8 Å². The van der Waals surface area contributed by atoms with Gasteiger partial charge in [0, 0.05) is 16.5 Å². The summed E-state index contributed by atoms with van der Waals surface area (Å²) in [6.07, 6.45) is -4.47. The van der Waals surface area contributed by atoms with Gasteiger partial charge in [0.1, 0.15) is 10.7 Å². The van der Waals surface area contributed by atoms with Gasteiger partial charge in [0.25, 0.3) is 5.91 Å². The van der Waals surface area contributed by atoms with Crippen LogP contribution >= 0.6 is 11.3 Å². The topological polar surface area (TPSA) is 42.0 Å². The van der Waals surface area contributed by atoms with Gasteiger partial charge in [-0.25, -0.2) is 4.98 Å². The van der Waals surface area contributed by atoms with Crippen LogP contribution in [-0.4, -0.2) is 17.4 Å². The second-order valence-electron chi connectivity index (χ2n) is 5.43. The number of thiazole rings is 1. The van der Waals surface area contributed by atoms with Crippen molar-refractivity contribution in [2.45, 2.75) is 6.18 Å². The molecule has 0 saturated carbocycles. The van der Waals surface area contributed by atoms with Gasteiger partial charge in [0.05, 0.1) is 12.1 Å². The van der Waals surface area contributed by atoms with E-state index >= 15 is 0 Å². The van der Waals surface area contributed by atoms with Crippen LogP contribution in [0.3, 0.4) is 0 Å². The van der Waals surface area contributed by atoms with Crippen molar-refractivity contribution in [3.8, 4) is 22.4 Å². The first kappa shape index (κ1) is 18.7. The summed E-state index contributed by atoms with van der Waals surface area (Å²) in [5.41, 5.74) is 0.233. The minimum Gasteiger partial charge on any atom is -0.340 e. The van der Waals surface area contributed by atoms with Crippen molar-refractivity contribution in [2.24, 2.45) is 0 Å². The number of halogens is 3. The monoisotopic (exact) mass is 386 g/mol. The lowest BCUT2D eigenvalue weighted by molar-refractivity contribution is -0.137. The van der Waals surface area contributed by atoms with E-state index in [1.807, 2.05) is 30.3 Å². The Kier molecular flexibility index (Phi) is 5.57. The van der Waals surface area contributed by atoms with Gasteiger partial charge in [0.2, 0.25) is 0 Å². The smallest absolute Gasteiger partial charge is 0.340 e. The van der Waals surface area contributed by atoms with Crippen LogP contribution in [0.5, 0.6) is 0 Å². The molecule has 0 aliphatic heterocycles. The largest absolute Gasteiger partial charge is 0.417 e. The van der Waals surface area contributed by atoms with Gasteiger partial charge in [-0.1, -0.05) is 54.3 Å². The Morgan fingerprint density at radius 2 is 1.78 bits per heavy atom. The highest BCUT2D eigenvalue weighted by Gasteiger charge is 2.32. The zero-order chi connectivity index (χ0) is 19.3. The number of hydrogen-bond acceptors (Lipinski definition) is 3. The van der Waals surface area contributed by atoms with Gasteiger partial charge < -0.3 is 5.32 Å². The second-order valence-corrected chi connectivity index (χ2v) is 6.29. The fraction of sp³-hybridized carbons (Fsp3) is 0.100. The Bertz CT molecular complexity index is 1000. The summed E-state index contributed by atoms with van der Waals surface area (Å²) >= 11 is 1.34. The summed E-state index contributed by atoms with van der Waals surface area (Å²) in [7, 11) is 0. The molecule has 3 rings (SSSR count). The van der Waals surface area contributed by atoms with Crippen molar-refractivity contribution in [2.75, 3.05) is 6.54 Å². The van der Waals surface area contributed by atoms with E-state index in [1.165, 1.54) is 29.5 Å². The molecule has 1 heterocycles. The van der Waals surface area contributed by atoms with Gasteiger partial charge in [-0.15, -0.1) is 11.3 Å². The molecule has 0 bridgehead atoms. The summed E-state index contributed by atoms with van der Waals surface area (Å²) in [5.74, 6) is 4.58. The third-order valence-electron chi connectivity index (χ3n) is 3.55. The summed E-state index contributed by atoms with van der Waals surface area (Å²) in [5, 5.41) is 4.89. The van der Waals surface area contributed by atoms with E-state index in [1.54, 1.807) is 5.38 Å². The van der Waals surface area contributed by atoms with Crippen LogP contribution in [0.25, 0.3) is 10.6 Å². The fourth-order valence-corrected chi connectivity index (χ4v) is 3.09. The molecule has 0 fully saturated rings. The maximum Gasteiger partial charge on any atom is 0.417 e. The Hall–Kier alpha value is -3.11. The van der Waals surface area contributed by atoms with Crippen molar-refractivity contribution in [1.29, 1.82) is 0 Å². The minimum atomic E-state index is -4.47. The normalized spacial score (nSPS) is 10.8. The van der Waals surface area contributed by atoms with Crippen LogP contribution in [0.15, 0.2) is 60.0 Å². The van der Waals surface area contributed by atoms with Crippen molar-refractivity contribution in [3.05, 3.63) is 76.8 Å². The second kappa shape index (κ2) is 8.06. The third-order valence-corrected chi connectivity index (χ3v) is 4.44. The zero-order valence-electron chi connectivity index (χ0n) is 13.9. The predicted octanol–water partition coefficient (Wildman–Crippen LogP) is 4.61. The molecule has 3 nitrogen and oxygen atoms in total. The standard InChI is InChI=1S/C20H13F3N2OS/c21-20(22,23)16-11-5-4-7-14(16)10-6-12-24-18(26)17-13-27-19(25-17)15-8-2-1-3-9-15/h1-5,7-9,11,13H,12H2,(H,24,26). The number of carbonyl (C=O) groups excluding carboxylic acids is 1. The van der Waals surface area contributed by atoms with E-state index in [2.05, 4.69) is 22.1 Å². The number of benzene rings is 2. The van der Waals surface area contributed by atoms with Gasteiger partial charge in [-0.05, 0) is 12.1 Å². The number of amides is 1. The fourth-order valence-electron chi connectivity index (χ4n) is 2.29. The van der Waals surface area contributed by atoms with Crippen molar-refractivity contribution in [1.82, 2.24) is 10.3 Å². The van der Waals surface area contributed by atoms with E-state index in [0.717, 1.165) is 11.6 Å². The number of carbonyl (C=O) groups is 1. The molecule has 0 aliphatic rings. The molecular formula is C20H13F3N2OS. The van der Waals surface area contributed by atoms with E-state index < -0.39 is 17.6 Å². The molecule has 1 amide bonds. The first-order chi connectivity index (χ1) is 12.9. The molecule has 1 aromatic heterocycles. The van der Waals surface area contributed by atoms with Crippen LogP contribution in [0.4, 0.5) is 13.2 Å². The van der Waals surface area contributed by atoms with E-state index in [4.69, 9.17) is 0 Å². The van der Waals surface area contributed by atoms with Crippen molar-refractivity contribution in [3.63, 3.8) is 0 Å². The first-order valence-electron chi connectivity index (χ1n) is 7.89. The quantitative estimate of drug-likeness (QED) is 0.668. The molecular weight excluding hydrogens is 373 g/mol. The summed E-state index contributed by atoms with van der Waals surface area (Å²) in [4.78, 5) is 16.4. The van der Waals surface area contributed by atoms with Crippen LogP contribution in [0, 0.1) is 11.8 Å². The Labute approximate surface area is 157 Å². The minimum absolute atomic E-state index is 0.0801. The number of rotatable bonds is 3. The summed E-state index contributed by atoms with van der Waals surface area (Å²) in [6, 6.07) is 14.5. The molecule has 27 heavy (non-hydrogen) atoms. The molecule has 2 aromatic carbocycles. The SMILES string of the molecule is O=C(NCC#Cc1ccccc1C(F)(F)F)c1csc(-c2ccccc2)n1. The molecule has 0 radical (unpaired) electrons. The van der Waals surface area contributed by atoms with Crippen molar-refractivity contribution < 1.29 is 18.0 Å². The average Bonchev–Trinajstić information content (AvgIpc) is 3.16. The number of aromatic nitrogens is 1. The molecule has 0 spiro atoms. The summed E-state index contributed by atoms with van der Waals surface area (Å²) in [6.45, 7) is -0.0801. The van der Waals surface area contributed by atoms with E-state index in [0.29, 0.717) is 5.01 Å². The highest BCUT2D eigenvalue weighted by Crippen LogP contribution is 2.31. The van der Waals surface area contributed by atoms with E-state index in [9.17, 15) is 18.0 Å². The Balaban J connectivity index is 1.64. The number of nitrogens with one attached hydrogen (secondary N) is 1. The van der Waals surface area contributed by atoms with Crippen LogP contribution in [0.2, 0.25) is 0 Å². The number of nitrogens with zero attached hydrogens (tertiary/aromatic N) is 1. The lowest BCUT2D eigenvalue weighted by Gasteiger charge is -2.08. The third kappa shape index (κ3) is 4.74. The molecule has 7 heteroatoms. The average molecular weight is 386 g/mol. The van der Waals surface area contributed by atoms with Crippen LogP contribution in [-0.2, 0) is 6.18 Å². The lowest BCUT2D eigenvalue weighted by atomic mass is 10.1.